The Morgan fingerprint density at radius 3 is 2.23 bits per heavy atom. The Bertz CT molecular complexity index is 1270. The van der Waals surface area contributed by atoms with Gasteiger partial charge in [-0.3, -0.25) is 9.59 Å². The number of para-hydroxylation sites is 1. The maximum atomic E-state index is 12.5. The van der Waals surface area contributed by atoms with Crippen molar-refractivity contribution in [2.75, 3.05) is 19.5 Å². The minimum atomic E-state index is -0.989. The van der Waals surface area contributed by atoms with Gasteiger partial charge in [-0.1, -0.05) is 29.8 Å². The molecule has 9 nitrogen and oxygen atoms in total. The maximum absolute atomic E-state index is 12.5. The molecule has 180 valence electrons. The lowest BCUT2D eigenvalue weighted by atomic mass is 10.1. The average molecular weight is 476 g/mol. The minimum Gasteiger partial charge on any atom is -0.497 e. The number of esters is 1. The van der Waals surface area contributed by atoms with Crippen molar-refractivity contribution in [3.63, 3.8) is 0 Å². The number of methoxy groups -OCH3 is 2. The fourth-order valence-electron chi connectivity index (χ4n) is 3.03. The number of carbonyl (C=O) groups excluding carboxylic acids is 3. The predicted octanol–water partition coefficient (Wildman–Crippen LogP) is 3.71. The van der Waals surface area contributed by atoms with Gasteiger partial charge in [0.05, 0.1) is 31.2 Å². The number of amides is 2. The summed E-state index contributed by atoms with van der Waals surface area (Å²) in [6, 6.07) is 18.5. The predicted molar refractivity (Wildman–Crippen MR) is 131 cm³/mol. The Labute approximate surface area is 202 Å². The van der Waals surface area contributed by atoms with Crippen LogP contribution in [0.3, 0.4) is 0 Å². The van der Waals surface area contributed by atoms with Crippen LogP contribution in [0.15, 0.2) is 71.8 Å². The Kier molecular flexibility index (Phi) is 8.18. The normalized spacial score (nSPS) is 10.8. The van der Waals surface area contributed by atoms with Crippen LogP contribution in [0.5, 0.6) is 17.2 Å². The Hall–Kier alpha value is -4.66. The summed E-state index contributed by atoms with van der Waals surface area (Å²) < 4.78 is 15.9. The van der Waals surface area contributed by atoms with E-state index in [-0.39, 0.29) is 5.75 Å². The maximum Gasteiger partial charge on any atom is 0.343 e. The van der Waals surface area contributed by atoms with Crippen molar-refractivity contribution < 1.29 is 28.6 Å². The summed E-state index contributed by atoms with van der Waals surface area (Å²) in [6.45, 7) is 3.54. The quantitative estimate of drug-likeness (QED) is 0.177. The van der Waals surface area contributed by atoms with E-state index in [0.29, 0.717) is 34.0 Å². The van der Waals surface area contributed by atoms with Gasteiger partial charge in [-0.05, 0) is 50.2 Å². The van der Waals surface area contributed by atoms with Crippen molar-refractivity contribution in [1.82, 2.24) is 5.43 Å². The van der Waals surface area contributed by atoms with Crippen LogP contribution in [0.4, 0.5) is 5.69 Å². The smallest absolute Gasteiger partial charge is 0.343 e. The molecule has 0 saturated carbocycles. The number of anilines is 1. The highest BCUT2D eigenvalue weighted by atomic mass is 16.5. The van der Waals surface area contributed by atoms with Gasteiger partial charge >= 0.3 is 17.8 Å². The molecule has 3 rings (SSSR count). The minimum absolute atomic E-state index is 0.265. The van der Waals surface area contributed by atoms with Crippen LogP contribution in [0, 0.1) is 6.92 Å². The van der Waals surface area contributed by atoms with Gasteiger partial charge in [-0.15, -0.1) is 0 Å². The second-order valence-corrected chi connectivity index (χ2v) is 7.41. The summed E-state index contributed by atoms with van der Waals surface area (Å²) in [5.74, 6) is -1.33. The monoisotopic (exact) mass is 475 g/mol. The van der Waals surface area contributed by atoms with E-state index in [2.05, 4.69) is 15.8 Å². The molecule has 0 atom stereocenters. The molecule has 0 saturated heterocycles. The SMILES string of the molecule is COc1ccc(NC(=O)C(=O)N/N=C(\C)c2ccccc2OC(=O)c2ccc(C)cc2)c(OC)c1. The first kappa shape index (κ1) is 25.0. The average Bonchev–Trinajstić information content (AvgIpc) is 2.87. The number of rotatable bonds is 7. The number of hydrazone groups is 1. The largest absolute Gasteiger partial charge is 0.497 e. The zero-order valence-corrected chi connectivity index (χ0v) is 19.7. The van der Waals surface area contributed by atoms with Crippen molar-refractivity contribution in [2.45, 2.75) is 13.8 Å². The number of hydrogen-bond donors (Lipinski definition) is 2. The van der Waals surface area contributed by atoms with Crippen molar-refractivity contribution in [3.8, 4) is 17.2 Å². The Balaban J connectivity index is 1.69. The molecule has 0 aliphatic heterocycles. The molecule has 2 N–H and O–H groups in total. The summed E-state index contributed by atoms with van der Waals surface area (Å²) in [5.41, 5.74) is 4.74. The van der Waals surface area contributed by atoms with Crippen LogP contribution < -0.4 is 25.0 Å². The fourth-order valence-corrected chi connectivity index (χ4v) is 3.03. The molecule has 0 spiro atoms. The summed E-state index contributed by atoms with van der Waals surface area (Å²) in [7, 11) is 2.93. The van der Waals surface area contributed by atoms with E-state index in [1.54, 1.807) is 61.5 Å². The molecule has 0 aliphatic rings. The lowest BCUT2D eigenvalue weighted by Crippen LogP contribution is -2.33. The number of ether oxygens (including phenoxy) is 3. The number of carbonyl (C=O) groups is 3. The van der Waals surface area contributed by atoms with Gasteiger partial charge < -0.3 is 19.5 Å². The van der Waals surface area contributed by atoms with Gasteiger partial charge in [0.25, 0.3) is 0 Å². The standard InChI is InChI=1S/C26H25N3O6/c1-16-9-11-18(12-10-16)26(32)35-22-8-6-5-7-20(22)17(2)28-29-25(31)24(30)27-21-14-13-19(33-3)15-23(21)34-4/h5-15H,1-4H3,(H,27,30)(H,29,31)/b28-17+. The van der Waals surface area contributed by atoms with Crippen LogP contribution in [0.2, 0.25) is 0 Å². The first-order valence-electron chi connectivity index (χ1n) is 10.6. The van der Waals surface area contributed by atoms with Gasteiger partial charge in [0.15, 0.2) is 0 Å². The molecule has 2 amide bonds. The van der Waals surface area contributed by atoms with Crippen molar-refractivity contribution in [1.29, 1.82) is 0 Å². The summed E-state index contributed by atoms with van der Waals surface area (Å²) in [6.07, 6.45) is 0. The van der Waals surface area contributed by atoms with Gasteiger partial charge in [0, 0.05) is 11.6 Å². The van der Waals surface area contributed by atoms with Gasteiger partial charge in [0.2, 0.25) is 0 Å². The molecule has 0 bridgehead atoms. The van der Waals surface area contributed by atoms with Gasteiger partial charge in [-0.2, -0.15) is 5.10 Å². The van der Waals surface area contributed by atoms with E-state index < -0.39 is 17.8 Å². The second-order valence-electron chi connectivity index (χ2n) is 7.41. The Morgan fingerprint density at radius 2 is 1.54 bits per heavy atom. The molecular formula is C26H25N3O6. The van der Waals surface area contributed by atoms with E-state index in [1.807, 2.05) is 19.1 Å². The molecule has 3 aromatic carbocycles. The van der Waals surface area contributed by atoms with Gasteiger partial charge in [0.1, 0.15) is 17.2 Å². The molecule has 3 aromatic rings. The zero-order valence-electron chi connectivity index (χ0n) is 19.7. The highest BCUT2D eigenvalue weighted by molar-refractivity contribution is 6.39. The van der Waals surface area contributed by atoms with E-state index >= 15 is 0 Å². The van der Waals surface area contributed by atoms with E-state index in [4.69, 9.17) is 14.2 Å². The lowest BCUT2D eigenvalue weighted by molar-refractivity contribution is -0.136. The molecule has 35 heavy (non-hydrogen) atoms. The third-order valence-corrected chi connectivity index (χ3v) is 4.96. The van der Waals surface area contributed by atoms with Crippen molar-refractivity contribution in [2.24, 2.45) is 5.10 Å². The van der Waals surface area contributed by atoms with E-state index in [0.717, 1.165) is 5.56 Å². The van der Waals surface area contributed by atoms with E-state index in [9.17, 15) is 14.4 Å². The third kappa shape index (κ3) is 6.44. The van der Waals surface area contributed by atoms with E-state index in [1.165, 1.54) is 14.2 Å². The number of nitrogens with one attached hydrogen (secondary N) is 2. The van der Waals surface area contributed by atoms with Crippen LogP contribution >= 0.6 is 0 Å². The van der Waals surface area contributed by atoms with Crippen LogP contribution in [0.1, 0.15) is 28.4 Å². The molecule has 0 radical (unpaired) electrons. The van der Waals surface area contributed by atoms with Gasteiger partial charge in [-0.25, -0.2) is 10.2 Å². The van der Waals surface area contributed by atoms with Crippen LogP contribution in [-0.4, -0.2) is 37.7 Å². The summed E-state index contributed by atoms with van der Waals surface area (Å²) in [5, 5.41) is 6.46. The first-order chi connectivity index (χ1) is 16.8. The molecule has 0 fully saturated rings. The summed E-state index contributed by atoms with van der Waals surface area (Å²) in [4.78, 5) is 37.1. The van der Waals surface area contributed by atoms with Crippen molar-refractivity contribution >= 4 is 29.2 Å². The topological polar surface area (TPSA) is 115 Å². The molecule has 9 heteroatoms. The van der Waals surface area contributed by atoms with Crippen LogP contribution in [0.25, 0.3) is 0 Å². The highest BCUT2D eigenvalue weighted by Gasteiger charge is 2.17. The highest BCUT2D eigenvalue weighted by Crippen LogP contribution is 2.29. The zero-order chi connectivity index (χ0) is 25.4. The molecule has 0 aromatic heterocycles. The first-order valence-corrected chi connectivity index (χ1v) is 10.6. The molecular weight excluding hydrogens is 450 g/mol. The van der Waals surface area contributed by atoms with Crippen molar-refractivity contribution in [3.05, 3.63) is 83.4 Å². The Morgan fingerprint density at radius 1 is 0.829 bits per heavy atom. The van der Waals surface area contributed by atoms with Crippen LogP contribution in [-0.2, 0) is 9.59 Å². The second kappa shape index (κ2) is 11.5. The summed E-state index contributed by atoms with van der Waals surface area (Å²) >= 11 is 0. The molecule has 0 unspecified atom stereocenters. The number of benzene rings is 3. The third-order valence-electron chi connectivity index (χ3n) is 4.96. The number of nitrogens with zero attached hydrogens (tertiary/aromatic N) is 1. The number of hydrogen-bond acceptors (Lipinski definition) is 7. The molecule has 0 aliphatic carbocycles. The molecule has 0 heterocycles. The lowest BCUT2D eigenvalue weighted by Gasteiger charge is -2.11. The fraction of sp³-hybridized carbons (Fsp3) is 0.154. The number of aryl methyl sites for hydroxylation is 1.